The molecule has 4 aromatic rings. The van der Waals surface area contributed by atoms with Gasteiger partial charge in [-0.1, -0.05) is 58.4 Å². The van der Waals surface area contributed by atoms with Crippen LogP contribution in [0.3, 0.4) is 0 Å². The van der Waals surface area contributed by atoms with Crippen LogP contribution in [0.4, 0.5) is 11.5 Å². The first kappa shape index (κ1) is 23.3. The number of carbonyl (C=O) groups is 1. The van der Waals surface area contributed by atoms with Crippen LogP contribution in [0, 0.1) is 10.1 Å². The van der Waals surface area contributed by atoms with Crippen LogP contribution in [0.1, 0.15) is 12.0 Å². The van der Waals surface area contributed by atoms with Crippen LogP contribution in [0.5, 0.6) is 0 Å². The highest BCUT2D eigenvalue weighted by atomic mass is 79.9. The Morgan fingerprint density at radius 3 is 2.50 bits per heavy atom. The van der Waals surface area contributed by atoms with E-state index >= 15 is 0 Å². The summed E-state index contributed by atoms with van der Waals surface area (Å²) in [7, 11) is 0. The van der Waals surface area contributed by atoms with Crippen molar-refractivity contribution >= 4 is 44.3 Å². The lowest BCUT2D eigenvalue weighted by atomic mass is 10.1. The number of nitro groups is 1. The average Bonchev–Trinajstić information content (AvgIpc) is 2.83. The summed E-state index contributed by atoms with van der Waals surface area (Å²) >= 11 is 3.46. The fraction of sp³-hybridized carbons (Fsp3) is 0.160. The van der Waals surface area contributed by atoms with Gasteiger partial charge in [-0.3, -0.25) is 14.9 Å². The number of aliphatic carboxylic acids is 1. The first-order valence-corrected chi connectivity index (χ1v) is 11.4. The van der Waals surface area contributed by atoms with Crippen molar-refractivity contribution in [1.29, 1.82) is 0 Å². The van der Waals surface area contributed by atoms with Gasteiger partial charge in [0.2, 0.25) is 0 Å². The fourth-order valence-electron chi connectivity index (χ4n) is 3.68. The number of nitro benzene ring substituents is 1. The van der Waals surface area contributed by atoms with Crippen molar-refractivity contribution in [3.63, 3.8) is 0 Å². The second-order valence-corrected chi connectivity index (χ2v) is 8.62. The molecule has 0 unspecified atom stereocenters. The second-order valence-electron chi connectivity index (χ2n) is 7.71. The van der Waals surface area contributed by atoms with Gasteiger partial charge in [0.05, 0.1) is 16.9 Å². The Kier molecular flexibility index (Phi) is 7.12. The van der Waals surface area contributed by atoms with Crippen molar-refractivity contribution in [3.05, 3.63) is 92.9 Å². The highest BCUT2D eigenvalue weighted by Crippen LogP contribution is 2.31. The molecule has 0 aliphatic heterocycles. The molecule has 0 aliphatic carbocycles. The normalized spacial score (nSPS) is 10.9. The number of aromatic nitrogens is 2. The zero-order chi connectivity index (χ0) is 24.1. The molecule has 3 aromatic carbocycles. The quantitative estimate of drug-likeness (QED) is 0.229. The van der Waals surface area contributed by atoms with Crippen LogP contribution in [-0.4, -0.2) is 39.1 Å². The SMILES string of the molecule is O=C(O)CCN(CCc1ccccc1)c1nc(-c2cccc(Br)c2)nc2cc([N+](=O)[O-])ccc12. The summed E-state index contributed by atoms with van der Waals surface area (Å²) in [4.78, 5) is 33.6. The van der Waals surface area contributed by atoms with Crippen molar-refractivity contribution in [2.45, 2.75) is 12.8 Å². The van der Waals surface area contributed by atoms with Crippen LogP contribution >= 0.6 is 15.9 Å². The summed E-state index contributed by atoms with van der Waals surface area (Å²) in [6.07, 6.45) is 0.616. The zero-order valence-corrected chi connectivity index (χ0v) is 19.7. The van der Waals surface area contributed by atoms with Crippen LogP contribution in [0.15, 0.2) is 77.3 Å². The van der Waals surface area contributed by atoms with E-state index in [1.165, 1.54) is 12.1 Å². The average molecular weight is 521 g/mol. The topological polar surface area (TPSA) is 109 Å². The third kappa shape index (κ3) is 5.55. The maximum Gasteiger partial charge on any atom is 0.305 e. The summed E-state index contributed by atoms with van der Waals surface area (Å²) in [6.45, 7) is 0.765. The number of rotatable bonds is 9. The summed E-state index contributed by atoms with van der Waals surface area (Å²) in [5.41, 5.74) is 2.21. The van der Waals surface area contributed by atoms with Gasteiger partial charge >= 0.3 is 5.97 Å². The van der Waals surface area contributed by atoms with E-state index in [9.17, 15) is 20.0 Å². The summed E-state index contributed by atoms with van der Waals surface area (Å²) in [5, 5.41) is 21.3. The van der Waals surface area contributed by atoms with Gasteiger partial charge in [0, 0.05) is 40.6 Å². The van der Waals surface area contributed by atoms with Gasteiger partial charge in [0.25, 0.3) is 5.69 Å². The Hall–Kier alpha value is -3.85. The van der Waals surface area contributed by atoms with Crippen molar-refractivity contribution in [3.8, 4) is 11.4 Å². The Morgan fingerprint density at radius 2 is 1.79 bits per heavy atom. The van der Waals surface area contributed by atoms with Crippen LogP contribution < -0.4 is 4.90 Å². The minimum atomic E-state index is -0.911. The predicted molar refractivity (Wildman–Crippen MR) is 134 cm³/mol. The number of non-ortho nitro benzene ring substituents is 1. The number of hydrogen-bond acceptors (Lipinski definition) is 6. The molecule has 1 N–H and O–H groups in total. The van der Waals surface area contributed by atoms with Gasteiger partial charge in [-0.15, -0.1) is 0 Å². The van der Waals surface area contributed by atoms with Crippen molar-refractivity contribution in [2.75, 3.05) is 18.0 Å². The van der Waals surface area contributed by atoms with Gasteiger partial charge in [0.1, 0.15) is 5.82 Å². The number of fused-ring (bicyclic) bond motifs is 1. The highest BCUT2D eigenvalue weighted by molar-refractivity contribution is 9.10. The molecule has 0 saturated heterocycles. The molecule has 0 radical (unpaired) electrons. The van der Waals surface area contributed by atoms with E-state index in [2.05, 4.69) is 20.9 Å². The molecular weight excluding hydrogens is 500 g/mol. The summed E-state index contributed by atoms with van der Waals surface area (Å²) < 4.78 is 0.848. The zero-order valence-electron chi connectivity index (χ0n) is 18.1. The van der Waals surface area contributed by atoms with Crippen molar-refractivity contribution in [2.24, 2.45) is 0 Å². The summed E-state index contributed by atoms with van der Waals surface area (Å²) in [5.74, 6) is 0.0438. The smallest absolute Gasteiger partial charge is 0.305 e. The van der Waals surface area contributed by atoms with Gasteiger partial charge in [-0.25, -0.2) is 9.97 Å². The number of hydrogen-bond donors (Lipinski definition) is 1. The number of nitrogens with zero attached hydrogens (tertiary/aromatic N) is 4. The molecule has 0 bridgehead atoms. The molecule has 172 valence electrons. The second kappa shape index (κ2) is 10.4. The van der Waals surface area contributed by atoms with Crippen LogP contribution in [0.25, 0.3) is 22.3 Å². The maximum absolute atomic E-state index is 11.4. The first-order valence-electron chi connectivity index (χ1n) is 10.6. The minimum absolute atomic E-state index is 0.0700. The fourth-order valence-corrected chi connectivity index (χ4v) is 4.07. The minimum Gasteiger partial charge on any atom is -0.481 e. The van der Waals surface area contributed by atoms with Crippen molar-refractivity contribution < 1.29 is 14.8 Å². The molecule has 1 heterocycles. The largest absolute Gasteiger partial charge is 0.481 e. The number of benzene rings is 3. The van der Waals surface area contributed by atoms with Crippen LogP contribution in [0.2, 0.25) is 0 Å². The van der Waals surface area contributed by atoms with E-state index in [0.717, 1.165) is 15.6 Å². The number of halogens is 1. The first-order chi connectivity index (χ1) is 16.4. The molecule has 0 saturated carbocycles. The molecule has 34 heavy (non-hydrogen) atoms. The van der Waals surface area contributed by atoms with Gasteiger partial charge in [-0.2, -0.15) is 0 Å². The predicted octanol–water partition coefficient (Wildman–Crippen LogP) is 5.49. The van der Waals surface area contributed by atoms with E-state index in [-0.39, 0.29) is 18.7 Å². The third-order valence-electron chi connectivity index (χ3n) is 5.36. The van der Waals surface area contributed by atoms with Gasteiger partial charge in [-0.05, 0) is 30.2 Å². The van der Waals surface area contributed by atoms with E-state index in [1.54, 1.807) is 6.07 Å². The lowest BCUT2D eigenvalue weighted by Crippen LogP contribution is -2.29. The van der Waals surface area contributed by atoms with Gasteiger partial charge < -0.3 is 10.0 Å². The molecule has 0 atom stereocenters. The third-order valence-corrected chi connectivity index (χ3v) is 5.86. The molecule has 0 amide bonds. The monoisotopic (exact) mass is 520 g/mol. The lowest BCUT2D eigenvalue weighted by molar-refractivity contribution is -0.384. The van der Waals surface area contributed by atoms with E-state index < -0.39 is 10.9 Å². The van der Waals surface area contributed by atoms with E-state index in [1.807, 2.05) is 59.5 Å². The Labute approximate surface area is 204 Å². The van der Waals surface area contributed by atoms with E-state index in [4.69, 9.17) is 4.98 Å². The summed E-state index contributed by atoms with van der Waals surface area (Å²) in [6, 6.07) is 21.8. The maximum atomic E-state index is 11.4. The molecule has 9 heteroatoms. The Bertz CT molecular complexity index is 1350. The molecule has 0 fully saturated rings. The van der Waals surface area contributed by atoms with E-state index in [0.29, 0.717) is 35.5 Å². The van der Waals surface area contributed by atoms with Crippen molar-refractivity contribution in [1.82, 2.24) is 9.97 Å². The molecule has 0 aliphatic rings. The Balaban J connectivity index is 1.83. The lowest BCUT2D eigenvalue weighted by Gasteiger charge is -2.25. The standard InChI is InChI=1S/C25H21BrN4O4/c26-19-8-4-7-18(15-19)24-27-22-16-20(30(33)34)9-10-21(22)25(28-24)29(14-12-23(31)32)13-11-17-5-2-1-3-6-17/h1-10,15-16H,11-14H2,(H,31,32). The molecule has 0 spiro atoms. The van der Waals surface area contributed by atoms with Crippen LogP contribution in [-0.2, 0) is 11.2 Å². The molecule has 4 rings (SSSR count). The van der Waals surface area contributed by atoms with Gasteiger partial charge in [0.15, 0.2) is 5.82 Å². The molecular formula is C25H21BrN4O4. The molecule has 1 aromatic heterocycles. The highest BCUT2D eigenvalue weighted by Gasteiger charge is 2.19. The molecule has 8 nitrogen and oxygen atoms in total. The number of carboxylic acid groups (broad SMARTS) is 1. The number of carboxylic acids is 1. The number of anilines is 1. The Morgan fingerprint density at radius 1 is 1.00 bits per heavy atom.